The van der Waals surface area contributed by atoms with Crippen LogP contribution in [-0.4, -0.2) is 52.8 Å². The number of carbonyl (C=O) groups is 1. The quantitative estimate of drug-likeness (QED) is 0.248. The molecule has 188 valence electrons. The Morgan fingerprint density at radius 2 is 1.81 bits per heavy atom. The van der Waals surface area contributed by atoms with Crippen LogP contribution in [0, 0.1) is 0 Å². The van der Waals surface area contributed by atoms with Crippen LogP contribution in [0.4, 0.5) is 13.2 Å². The standard InChI is InChI=1S/C22H17F3N4O5S2/c1-35-12-33-21(30)16-11-18(29(28-16)17-9-4-3-8-15(17)22(23,24)25)20-27-26-19(34-20)13-6-5-7-14(10-13)36(2,31)32/h3-11H,12H2,1-2H3. The van der Waals surface area contributed by atoms with Crippen molar-refractivity contribution >= 4 is 27.6 Å². The van der Waals surface area contributed by atoms with Gasteiger partial charge in [0.05, 0.1) is 16.1 Å². The highest BCUT2D eigenvalue weighted by molar-refractivity contribution is 7.98. The average molecular weight is 539 g/mol. The van der Waals surface area contributed by atoms with E-state index in [0.717, 1.165) is 17.0 Å². The largest absolute Gasteiger partial charge is 0.450 e. The van der Waals surface area contributed by atoms with E-state index in [4.69, 9.17) is 9.15 Å². The first kappa shape index (κ1) is 25.4. The summed E-state index contributed by atoms with van der Waals surface area (Å²) in [4.78, 5) is 12.4. The Bertz CT molecular complexity index is 1530. The zero-order valence-electron chi connectivity index (χ0n) is 18.7. The minimum absolute atomic E-state index is 0.0154. The molecule has 0 amide bonds. The molecule has 4 aromatic rings. The lowest BCUT2D eigenvalue weighted by molar-refractivity contribution is -0.137. The number of nitrogens with zero attached hydrogens (tertiary/aromatic N) is 4. The third-order valence-electron chi connectivity index (χ3n) is 4.82. The van der Waals surface area contributed by atoms with Crippen LogP contribution in [-0.2, 0) is 20.8 Å². The van der Waals surface area contributed by atoms with Gasteiger partial charge < -0.3 is 9.15 Å². The third-order valence-corrected chi connectivity index (χ3v) is 6.28. The van der Waals surface area contributed by atoms with Crippen LogP contribution in [0.5, 0.6) is 0 Å². The Morgan fingerprint density at radius 1 is 1.08 bits per heavy atom. The maximum absolute atomic E-state index is 13.7. The number of esters is 1. The van der Waals surface area contributed by atoms with Crippen molar-refractivity contribution in [2.24, 2.45) is 0 Å². The fraction of sp³-hybridized carbons (Fsp3) is 0.182. The molecule has 0 atom stereocenters. The number of alkyl halides is 3. The highest BCUT2D eigenvalue weighted by Crippen LogP contribution is 2.36. The van der Waals surface area contributed by atoms with Crippen LogP contribution in [0.15, 0.2) is 63.9 Å². The molecule has 0 fully saturated rings. The summed E-state index contributed by atoms with van der Waals surface area (Å²) >= 11 is 1.23. The van der Waals surface area contributed by atoms with Crippen molar-refractivity contribution in [1.29, 1.82) is 0 Å². The van der Waals surface area contributed by atoms with Crippen LogP contribution in [0.25, 0.3) is 28.7 Å². The normalized spacial score (nSPS) is 12.0. The number of hydrogen-bond donors (Lipinski definition) is 0. The number of thioether (sulfide) groups is 1. The molecule has 0 saturated carbocycles. The van der Waals surface area contributed by atoms with Crippen molar-refractivity contribution < 1.29 is 35.5 Å². The number of rotatable bonds is 7. The summed E-state index contributed by atoms with van der Waals surface area (Å²) in [6.07, 6.45) is -1.97. The van der Waals surface area contributed by atoms with Crippen molar-refractivity contribution in [3.05, 3.63) is 65.9 Å². The van der Waals surface area contributed by atoms with Gasteiger partial charge in [-0.1, -0.05) is 18.2 Å². The molecule has 4 rings (SSSR count). The summed E-state index contributed by atoms with van der Waals surface area (Å²) in [5.41, 5.74) is -1.46. The van der Waals surface area contributed by atoms with E-state index < -0.39 is 27.5 Å². The molecule has 2 aromatic carbocycles. The molecule has 0 N–H and O–H groups in total. The molecule has 0 bridgehead atoms. The predicted octanol–water partition coefficient (Wildman–Crippen LogP) is 4.49. The molecular weight excluding hydrogens is 521 g/mol. The van der Waals surface area contributed by atoms with Crippen LogP contribution < -0.4 is 0 Å². The Morgan fingerprint density at radius 3 is 2.50 bits per heavy atom. The Balaban J connectivity index is 1.85. The van der Waals surface area contributed by atoms with Gasteiger partial charge in [-0.25, -0.2) is 17.9 Å². The SMILES string of the molecule is CSCOC(=O)c1cc(-c2nnc(-c3cccc(S(C)(=O)=O)c3)o2)n(-c2ccccc2C(F)(F)F)n1. The van der Waals surface area contributed by atoms with E-state index in [0.29, 0.717) is 0 Å². The molecule has 0 aliphatic heterocycles. The lowest BCUT2D eigenvalue weighted by Crippen LogP contribution is -2.13. The number of hydrogen-bond acceptors (Lipinski definition) is 9. The van der Waals surface area contributed by atoms with Crippen molar-refractivity contribution in [3.63, 3.8) is 0 Å². The second-order valence-electron chi connectivity index (χ2n) is 7.39. The minimum atomic E-state index is -4.72. The molecule has 0 aliphatic carbocycles. The van der Waals surface area contributed by atoms with E-state index in [1.165, 1.54) is 60.3 Å². The molecule has 36 heavy (non-hydrogen) atoms. The molecule has 9 nitrogen and oxygen atoms in total. The monoisotopic (exact) mass is 538 g/mol. The summed E-state index contributed by atoms with van der Waals surface area (Å²) < 4.78 is 76.5. The van der Waals surface area contributed by atoms with Crippen molar-refractivity contribution in [2.75, 3.05) is 18.5 Å². The van der Waals surface area contributed by atoms with Gasteiger partial charge in [0.2, 0.25) is 5.89 Å². The molecule has 0 unspecified atom stereocenters. The number of ether oxygens (including phenoxy) is 1. The number of carbonyl (C=O) groups excluding carboxylic acids is 1. The second kappa shape index (κ2) is 9.78. The number of aromatic nitrogens is 4. The Hall–Kier alpha value is -3.65. The van der Waals surface area contributed by atoms with Crippen LogP contribution >= 0.6 is 11.8 Å². The first-order chi connectivity index (χ1) is 17.0. The lowest BCUT2D eigenvalue weighted by Gasteiger charge is -2.13. The van der Waals surface area contributed by atoms with E-state index in [1.54, 1.807) is 6.26 Å². The van der Waals surface area contributed by atoms with Gasteiger partial charge in [-0.15, -0.1) is 22.0 Å². The van der Waals surface area contributed by atoms with Crippen LogP contribution in [0.3, 0.4) is 0 Å². The summed E-state index contributed by atoms with van der Waals surface area (Å²) in [7, 11) is -3.52. The molecule has 0 saturated heterocycles. The van der Waals surface area contributed by atoms with Crippen LogP contribution in [0.2, 0.25) is 0 Å². The third kappa shape index (κ3) is 5.28. The molecule has 0 aliphatic rings. The molecule has 0 spiro atoms. The first-order valence-electron chi connectivity index (χ1n) is 10.1. The molecule has 14 heteroatoms. The maximum Gasteiger partial charge on any atom is 0.418 e. The minimum Gasteiger partial charge on any atom is -0.450 e. The first-order valence-corrected chi connectivity index (χ1v) is 13.3. The fourth-order valence-corrected chi connectivity index (χ4v) is 4.10. The number of halogens is 3. The van der Waals surface area contributed by atoms with Gasteiger partial charge in [-0.3, -0.25) is 0 Å². The number of sulfone groups is 1. The van der Waals surface area contributed by atoms with E-state index >= 15 is 0 Å². The highest BCUT2D eigenvalue weighted by atomic mass is 32.2. The molecular formula is C22H17F3N4O5S2. The van der Waals surface area contributed by atoms with Crippen molar-refractivity contribution in [2.45, 2.75) is 11.1 Å². The van der Waals surface area contributed by atoms with E-state index in [9.17, 15) is 26.4 Å². The van der Waals surface area contributed by atoms with E-state index in [2.05, 4.69) is 15.3 Å². The highest BCUT2D eigenvalue weighted by Gasteiger charge is 2.35. The topological polar surface area (TPSA) is 117 Å². The summed E-state index contributed by atoms with van der Waals surface area (Å²) in [5.74, 6) is -1.17. The van der Waals surface area contributed by atoms with Gasteiger partial charge in [-0.05, 0) is 36.6 Å². The smallest absolute Gasteiger partial charge is 0.418 e. The zero-order valence-corrected chi connectivity index (χ0v) is 20.3. The predicted molar refractivity (Wildman–Crippen MR) is 124 cm³/mol. The van der Waals surface area contributed by atoms with Gasteiger partial charge in [0.15, 0.2) is 15.5 Å². The van der Waals surface area contributed by atoms with Crippen molar-refractivity contribution in [3.8, 4) is 28.7 Å². The Labute approximate surface area is 207 Å². The summed E-state index contributed by atoms with van der Waals surface area (Å²) in [6.45, 7) is 0. The zero-order chi connectivity index (χ0) is 26.1. The van der Waals surface area contributed by atoms with Gasteiger partial charge in [0.1, 0.15) is 11.6 Å². The fourth-order valence-electron chi connectivity index (χ4n) is 3.20. The molecule has 0 radical (unpaired) electrons. The number of benzene rings is 2. The summed E-state index contributed by atoms with van der Waals surface area (Å²) in [5, 5.41) is 11.8. The molecule has 2 aromatic heterocycles. The van der Waals surface area contributed by atoms with E-state index in [-0.39, 0.29) is 45.3 Å². The second-order valence-corrected chi connectivity index (χ2v) is 10.2. The van der Waals surface area contributed by atoms with Gasteiger partial charge in [-0.2, -0.15) is 18.3 Å². The Kier molecular flexibility index (Phi) is 6.91. The maximum atomic E-state index is 13.7. The molecule has 2 heterocycles. The van der Waals surface area contributed by atoms with Gasteiger partial charge in [0, 0.05) is 17.9 Å². The van der Waals surface area contributed by atoms with E-state index in [1.807, 2.05) is 0 Å². The lowest BCUT2D eigenvalue weighted by atomic mass is 10.1. The number of para-hydroxylation sites is 1. The average Bonchev–Trinajstić information content (AvgIpc) is 3.49. The van der Waals surface area contributed by atoms with Crippen molar-refractivity contribution in [1.82, 2.24) is 20.0 Å². The van der Waals surface area contributed by atoms with Crippen LogP contribution in [0.1, 0.15) is 16.1 Å². The summed E-state index contributed by atoms with van der Waals surface area (Å²) in [6, 6.07) is 11.6. The van der Waals surface area contributed by atoms with Gasteiger partial charge >= 0.3 is 12.1 Å². The van der Waals surface area contributed by atoms with Gasteiger partial charge in [0.25, 0.3) is 5.89 Å².